The lowest BCUT2D eigenvalue weighted by molar-refractivity contribution is -0.157. The predicted octanol–water partition coefficient (Wildman–Crippen LogP) is 2.01. The van der Waals surface area contributed by atoms with Crippen LogP contribution in [-0.4, -0.2) is 48.6 Å². The molecule has 1 saturated heterocycles. The van der Waals surface area contributed by atoms with Crippen LogP contribution in [0.25, 0.3) is 0 Å². The lowest BCUT2D eigenvalue weighted by atomic mass is 10.1. The highest BCUT2D eigenvalue weighted by molar-refractivity contribution is 5.89. The van der Waals surface area contributed by atoms with Gasteiger partial charge in [0.25, 0.3) is 0 Å². The molecule has 1 aliphatic rings. The number of carbonyl (C=O) groups excluding carboxylic acids is 2. The first kappa shape index (κ1) is 18.1. The van der Waals surface area contributed by atoms with Crippen LogP contribution in [0.1, 0.15) is 13.3 Å². The highest BCUT2D eigenvalue weighted by Crippen LogP contribution is 2.24. The number of nitrogens with one attached hydrogen (secondary N) is 2. The first-order valence-corrected chi connectivity index (χ1v) is 7.68. The minimum Gasteiger partial charge on any atom is -0.383 e. The van der Waals surface area contributed by atoms with Crippen LogP contribution in [0, 0.1) is 5.92 Å². The van der Waals surface area contributed by atoms with Gasteiger partial charge >= 0.3 is 6.18 Å². The monoisotopic (exact) mass is 343 g/mol. The number of amides is 2. The van der Waals surface area contributed by atoms with E-state index in [4.69, 9.17) is 0 Å². The highest BCUT2D eigenvalue weighted by Gasteiger charge is 2.40. The van der Waals surface area contributed by atoms with Crippen molar-refractivity contribution in [2.24, 2.45) is 5.92 Å². The number of hydrogen-bond donors (Lipinski definition) is 2. The normalized spacial score (nSPS) is 19.2. The predicted molar refractivity (Wildman–Crippen MR) is 83.3 cm³/mol. The van der Waals surface area contributed by atoms with E-state index in [0.29, 0.717) is 11.4 Å². The molecule has 0 aromatic heterocycles. The van der Waals surface area contributed by atoms with Gasteiger partial charge in [0.05, 0.1) is 5.92 Å². The summed E-state index contributed by atoms with van der Waals surface area (Å²) in [7, 11) is 0. The van der Waals surface area contributed by atoms with E-state index >= 15 is 0 Å². The summed E-state index contributed by atoms with van der Waals surface area (Å²) in [6.07, 6.45) is -4.63. The Bertz CT molecular complexity index is 578. The second-order valence-corrected chi connectivity index (χ2v) is 5.95. The standard InChI is InChI=1S/C16H20F3N3O2/c1-11(8-20-13-5-3-2-4-6-13)21-15(24)12-7-14(23)22(9-12)10-16(17,18)19/h2-6,11-12,20H,7-10H2,1H3,(H,21,24)/t11-,12-/m1/s1. The van der Waals surface area contributed by atoms with Gasteiger partial charge in [-0.05, 0) is 19.1 Å². The number of anilines is 1. The Balaban J connectivity index is 1.79. The molecule has 132 valence electrons. The number of para-hydroxylation sites is 1. The largest absolute Gasteiger partial charge is 0.406 e. The van der Waals surface area contributed by atoms with Gasteiger partial charge in [-0.2, -0.15) is 13.2 Å². The molecule has 8 heteroatoms. The smallest absolute Gasteiger partial charge is 0.383 e. The van der Waals surface area contributed by atoms with Gasteiger partial charge in [0.15, 0.2) is 0 Å². The Morgan fingerprint density at radius 3 is 2.62 bits per heavy atom. The molecule has 0 spiro atoms. The van der Waals surface area contributed by atoms with Crippen LogP contribution in [0.4, 0.5) is 18.9 Å². The Kier molecular flexibility index (Phi) is 5.69. The fourth-order valence-electron chi connectivity index (χ4n) is 2.56. The fraction of sp³-hybridized carbons (Fsp3) is 0.500. The van der Waals surface area contributed by atoms with Crippen molar-refractivity contribution in [3.05, 3.63) is 30.3 Å². The van der Waals surface area contributed by atoms with E-state index in [2.05, 4.69) is 10.6 Å². The maximum atomic E-state index is 12.4. The average Bonchev–Trinajstić information content (AvgIpc) is 2.85. The number of hydrogen-bond acceptors (Lipinski definition) is 3. The molecule has 2 amide bonds. The Labute approximate surface area is 138 Å². The Morgan fingerprint density at radius 2 is 2.00 bits per heavy atom. The molecular weight excluding hydrogens is 323 g/mol. The molecule has 1 heterocycles. The third kappa shape index (κ3) is 5.43. The van der Waals surface area contributed by atoms with Crippen LogP contribution >= 0.6 is 0 Å². The van der Waals surface area contributed by atoms with Gasteiger partial charge in [-0.1, -0.05) is 18.2 Å². The van der Waals surface area contributed by atoms with E-state index in [9.17, 15) is 22.8 Å². The molecule has 1 aromatic rings. The van der Waals surface area contributed by atoms with Gasteiger partial charge in [0.1, 0.15) is 6.54 Å². The third-order valence-electron chi connectivity index (χ3n) is 3.73. The summed E-state index contributed by atoms with van der Waals surface area (Å²) >= 11 is 0. The molecule has 0 aliphatic carbocycles. The SMILES string of the molecule is C[C@H](CNc1ccccc1)NC(=O)[C@@H]1CC(=O)N(CC(F)(F)F)C1. The van der Waals surface area contributed by atoms with Crippen LogP contribution in [-0.2, 0) is 9.59 Å². The number of halogens is 3. The van der Waals surface area contributed by atoms with Crippen molar-refractivity contribution in [1.29, 1.82) is 0 Å². The van der Waals surface area contributed by atoms with E-state index in [-0.39, 0.29) is 19.0 Å². The van der Waals surface area contributed by atoms with Gasteiger partial charge in [-0.3, -0.25) is 9.59 Å². The first-order valence-electron chi connectivity index (χ1n) is 7.68. The van der Waals surface area contributed by atoms with Crippen LogP contribution in [0.3, 0.4) is 0 Å². The van der Waals surface area contributed by atoms with Gasteiger partial charge in [0, 0.05) is 31.2 Å². The molecule has 0 saturated carbocycles. The number of likely N-dealkylation sites (tertiary alicyclic amines) is 1. The zero-order valence-electron chi connectivity index (χ0n) is 13.3. The zero-order valence-corrected chi connectivity index (χ0v) is 13.3. The molecule has 24 heavy (non-hydrogen) atoms. The van der Waals surface area contributed by atoms with Gasteiger partial charge in [0.2, 0.25) is 11.8 Å². The van der Waals surface area contributed by atoms with Crippen molar-refractivity contribution in [2.45, 2.75) is 25.6 Å². The summed E-state index contributed by atoms with van der Waals surface area (Å²) in [4.78, 5) is 24.4. The first-order chi connectivity index (χ1) is 11.2. The number of carbonyl (C=O) groups is 2. The third-order valence-corrected chi connectivity index (χ3v) is 3.73. The van der Waals surface area contributed by atoms with Crippen LogP contribution in [0.2, 0.25) is 0 Å². The van der Waals surface area contributed by atoms with Crippen molar-refractivity contribution in [3.8, 4) is 0 Å². The van der Waals surface area contributed by atoms with Crippen molar-refractivity contribution in [1.82, 2.24) is 10.2 Å². The minimum atomic E-state index is -4.45. The van der Waals surface area contributed by atoms with E-state index in [1.807, 2.05) is 30.3 Å². The van der Waals surface area contributed by atoms with E-state index in [1.165, 1.54) is 0 Å². The molecule has 2 rings (SSSR count). The number of benzene rings is 1. The van der Waals surface area contributed by atoms with Gasteiger partial charge in [-0.15, -0.1) is 0 Å². The van der Waals surface area contributed by atoms with Crippen molar-refractivity contribution in [3.63, 3.8) is 0 Å². The molecule has 1 fully saturated rings. The molecule has 2 N–H and O–H groups in total. The molecule has 2 atom stereocenters. The second-order valence-electron chi connectivity index (χ2n) is 5.95. The number of alkyl halides is 3. The summed E-state index contributed by atoms with van der Waals surface area (Å²) in [6.45, 7) is 0.768. The fourth-order valence-corrected chi connectivity index (χ4v) is 2.56. The van der Waals surface area contributed by atoms with Crippen molar-refractivity contribution in [2.75, 3.05) is 25.0 Å². The summed E-state index contributed by atoms with van der Waals surface area (Å²) in [5, 5.41) is 5.88. The Hall–Kier alpha value is -2.25. The maximum Gasteiger partial charge on any atom is 0.406 e. The zero-order chi connectivity index (χ0) is 17.7. The molecule has 0 unspecified atom stereocenters. The van der Waals surface area contributed by atoms with Crippen LogP contribution in [0.5, 0.6) is 0 Å². The summed E-state index contributed by atoms with van der Waals surface area (Å²) < 4.78 is 37.1. The van der Waals surface area contributed by atoms with E-state index in [0.717, 1.165) is 5.69 Å². The van der Waals surface area contributed by atoms with Crippen LogP contribution in [0.15, 0.2) is 30.3 Å². The summed E-state index contributed by atoms with van der Waals surface area (Å²) in [5.41, 5.74) is 0.908. The minimum absolute atomic E-state index is 0.180. The topological polar surface area (TPSA) is 61.4 Å². The number of nitrogens with zero attached hydrogens (tertiary/aromatic N) is 1. The summed E-state index contributed by atoms with van der Waals surface area (Å²) in [6, 6.07) is 9.21. The maximum absolute atomic E-state index is 12.4. The molecular formula is C16H20F3N3O2. The van der Waals surface area contributed by atoms with E-state index < -0.39 is 30.5 Å². The second kappa shape index (κ2) is 7.55. The molecule has 0 radical (unpaired) electrons. The quantitative estimate of drug-likeness (QED) is 0.831. The molecule has 5 nitrogen and oxygen atoms in total. The lowest BCUT2D eigenvalue weighted by Gasteiger charge is -2.20. The molecule has 0 bridgehead atoms. The summed E-state index contributed by atoms with van der Waals surface area (Å²) in [5.74, 6) is -1.77. The van der Waals surface area contributed by atoms with Gasteiger partial charge < -0.3 is 15.5 Å². The van der Waals surface area contributed by atoms with Crippen LogP contribution < -0.4 is 10.6 Å². The van der Waals surface area contributed by atoms with Gasteiger partial charge in [-0.25, -0.2) is 0 Å². The molecule has 1 aromatic carbocycles. The Morgan fingerprint density at radius 1 is 1.33 bits per heavy atom. The molecule has 1 aliphatic heterocycles. The lowest BCUT2D eigenvalue weighted by Crippen LogP contribution is -2.42. The van der Waals surface area contributed by atoms with Crippen molar-refractivity contribution >= 4 is 17.5 Å². The average molecular weight is 343 g/mol. The highest BCUT2D eigenvalue weighted by atomic mass is 19.4. The van der Waals surface area contributed by atoms with Crippen molar-refractivity contribution < 1.29 is 22.8 Å². The van der Waals surface area contributed by atoms with E-state index in [1.54, 1.807) is 6.92 Å². The number of rotatable bonds is 6.